The SMILES string of the molecule is NC(=O)Oc1ccc(CN2CCN(c3cncc(Nc4ccc(-c5ccc(N6CCCC6=O)cc5)cn4)c3)C2=O)cc1. The molecule has 0 unspecified atom stereocenters. The molecule has 4 amide bonds. The molecular weight excluding hydrogens is 534 g/mol. The first-order valence-electron chi connectivity index (χ1n) is 13.6. The highest BCUT2D eigenvalue weighted by Gasteiger charge is 2.30. The number of primary amides is 1. The second-order valence-corrected chi connectivity index (χ2v) is 10.1. The molecule has 0 spiro atoms. The van der Waals surface area contributed by atoms with Gasteiger partial charge in [0.25, 0.3) is 0 Å². The number of hydrogen-bond donors (Lipinski definition) is 2. The monoisotopic (exact) mass is 563 g/mol. The van der Waals surface area contributed by atoms with E-state index in [0.29, 0.717) is 49.0 Å². The fraction of sp³-hybridized carbons (Fsp3) is 0.194. The van der Waals surface area contributed by atoms with Crippen LogP contribution in [0.1, 0.15) is 18.4 Å². The third kappa shape index (κ3) is 5.85. The van der Waals surface area contributed by atoms with Crippen LogP contribution in [0.15, 0.2) is 85.3 Å². The lowest BCUT2D eigenvalue weighted by molar-refractivity contribution is -0.117. The van der Waals surface area contributed by atoms with Crippen molar-refractivity contribution in [3.05, 3.63) is 90.9 Å². The van der Waals surface area contributed by atoms with E-state index in [1.165, 1.54) is 0 Å². The van der Waals surface area contributed by atoms with Gasteiger partial charge in [-0.3, -0.25) is 14.7 Å². The van der Waals surface area contributed by atoms with Gasteiger partial charge in [-0.2, -0.15) is 0 Å². The van der Waals surface area contributed by atoms with Gasteiger partial charge in [0, 0.05) is 50.0 Å². The first-order chi connectivity index (χ1) is 20.4. The second-order valence-electron chi connectivity index (χ2n) is 10.1. The van der Waals surface area contributed by atoms with E-state index in [4.69, 9.17) is 10.5 Å². The number of nitrogens with one attached hydrogen (secondary N) is 1. The van der Waals surface area contributed by atoms with E-state index in [2.05, 4.69) is 15.3 Å². The van der Waals surface area contributed by atoms with Crippen molar-refractivity contribution in [3.63, 3.8) is 0 Å². The number of nitrogens with zero attached hydrogens (tertiary/aromatic N) is 5. The number of carbonyl (C=O) groups excluding carboxylic acids is 3. The van der Waals surface area contributed by atoms with Crippen LogP contribution in [0, 0.1) is 0 Å². The van der Waals surface area contributed by atoms with Gasteiger partial charge < -0.3 is 25.6 Å². The summed E-state index contributed by atoms with van der Waals surface area (Å²) in [6.07, 6.45) is 5.79. The van der Waals surface area contributed by atoms with E-state index in [9.17, 15) is 14.4 Å². The Balaban J connectivity index is 1.07. The minimum Gasteiger partial charge on any atom is -0.411 e. The lowest BCUT2D eigenvalue weighted by atomic mass is 10.1. The van der Waals surface area contributed by atoms with Gasteiger partial charge >= 0.3 is 12.1 Å². The molecule has 2 aromatic heterocycles. The molecule has 2 fully saturated rings. The van der Waals surface area contributed by atoms with Crippen molar-refractivity contribution in [2.24, 2.45) is 5.73 Å². The van der Waals surface area contributed by atoms with Gasteiger partial charge in [0.1, 0.15) is 11.6 Å². The molecule has 11 heteroatoms. The molecule has 4 aromatic rings. The molecular formula is C31H29N7O4. The van der Waals surface area contributed by atoms with E-state index < -0.39 is 6.09 Å². The quantitative estimate of drug-likeness (QED) is 0.311. The normalized spacial score (nSPS) is 14.9. The van der Waals surface area contributed by atoms with Crippen LogP contribution >= 0.6 is 0 Å². The first-order valence-corrected chi connectivity index (χ1v) is 13.6. The molecule has 0 saturated carbocycles. The van der Waals surface area contributed by atoms with Crippen LogP contribution in [-0.4, -0.2) is 52.5 Å². The number of rotatable bonds is 8. The molecule has 2 aliphatic heterocycles. The molecule has 2 aromatic carbocycles. The van der Waals surface area contributed by atoms with Crippen molar-refractivity contribution in [1.29, 1.82) is 0 Å². The molecule has 0 atom stereocenters. The molecule has 3 N–H and O–H groups in total. The topological polar surface area (TPSA) is 134 Å². The largest absolute Gasteiger partial charge is 0.411 e. The number of benzene rings is 2. The Hall–Kier alpha value is -5.45. The van der Waals surface area contributed by atoms with Crippen molar-refractivity contribution >= 4 is 40.9 Å². The minimum atomic E-state index is -0.870. The predicted molar refractivity (Wildman–Crippen MR) is 159 cm³/mol. The van der Waals surface area contributed by atoms with Gasteiger partial charge in [0.05, 0.1) is 23.8 Å². The predicted octanol–water partition coefficient (Wildman–Crippen LogP) is 4.91. The van der Waals surface area contributed by atoms with Gasteiger partial charge in [0.2, 0.25) is 5.91 Å². The summed E-state index contributed by atoms with van der Waals surface area (Å²) in [6, 6.07) is 20.5. The van der Waals surface area contributed by atoms with Crippen molar-refractivity contribution < 1.29 is 19.1 Å². The van der Waals surface area contributed by atoms with Gasteiger partial charge in [-0.1, -0.05) is 24.3 Å². The number of aromatic nitrogens is 2. The van der Waals surface area contributed by atoms with Crippen LogP contribution in [0.2, 0.25) is 0 Å². The highest BCUT2D eigenvalue weighted by Crippen LogP contribution is 2.28. The lowest BCUT2D eigenvalue weighted by Crippen LogP contribution is -2.31. The van der Waals surface area contributed by atoms with Crippen LogP contribution in [-0.2, 0) is 11.3 Å². The zero-order valence-electron chi connectivity index (χ0n) is 22.8. The maximum atomic E-state index is 13.2. The summed E-state index contributed by atoms with van der Waals surface area (Å²) in [5, 5.41) is 3.27. The Morgan fingerprint density at radius 3 is 2.33 bits per heavy atom. The van der Waals surface area contributed by atoms with Gasteiger partial charge in [-0.25, -0.2) is 14.6 Å². The smallest absolute Gasteiger partial charge is 0.409 e. The highest BCUT2D eigenvalue weighted by atomic mass is 16.5. The standard InChI is InChI=1S/C31H29N7O4/c32-30(40)42-27-10-3-21(4-11-27)20-36-14-15-38(31(36)41)26-16-24(18-33-19-26)35-28-12-7-23(17-34-28)22-5-8-25(9-6-22)37-13-1-2-29(37)39/h3-12,16-19H,1-2,13-15,20H2,(H2,32,40)(H,34,35). The van der Waals surface area contributed by atoms with Crippen LogP contribution in [0.25, 0.3) is 11.1 Å². The average molecular weight is 564 g/mol. The first kappa shape index (κ1) is 26.8. The van der Waals surface area contributed by atoms with Gasteiger partial charge in [-0.05, 0) is 60.0 Å². The van der Waals surface area contributed by atoms with Crippen molar-refractivity contribution in [3.8, 4) is 16.9 Å². The van der Waals surface area contributed by atoms with E-state index in [0.717, 1.165) is 35.3 Å². The van der Waals surface area contributed by atoms with E-state index >= 15 is 0 Å². The number of amides is 4. The van der Waals surface area contributed by atoms with Crippen molar-refractivity contribution in [2.45, 2.75) is 19.4 Å². The Labute approximate surface area is 242 Å². The molecule has 6 rings (SSSR count). The number of anilines is 4. The molecule has 2 saturated heterocycles. The Kier molecular flexibility index (Phi) is 7.37. The van der Waals surface area contributed by atoms with Crippen LogP contribution in [0.4, 0.5) is 32.5 Å². The summed E-state index contributed by atoms with van der Waals surface area (Å²) in [5.74, 6) is 1.17. The zero-order valence-corrected chi connectivity index (χ0v) is 22.8. The van der Waals surface area contributed by atoms with Crippen LogP contribution in [0.3, 0.4) is 0 Å². The molecule has 0 bridgehead atoms. The summed E-state index contributed by atoms with van der Waals surface area (Å²) >= 11 is 0. The Morgan fingerprint density at radius 2 is 1.64 bits per heavy atom. The third-order valence-electron chi connectivity index (χ3n) is 7.27. The summed E-state index contributed by atoms with van der Waals surface area (Å²) in [4.78, 5) is 50.2. The lowest BCUT2D eigenvalue weighted by Gasteiger charge is -2.19. The molecule has 11 nitrogen and oxygen atoms in total. The summed E-state index contributed by atoms with van der Waals surface area (Å²) < 4.78 is 4.86. The fourth-order valence-electron chi connectivity index (χ4n) is 5.15. The second kappa shape index (κ2) is 11.6. The minimum absolute atomic E-state index is 0.117. The summed E-state index contributed by atoms with van der Waals surface area (Å²) in [7, 11) is 0. The maximum absolute atomic E-state index is 13.2. The Bertz CT molecular complexity index is 1610. The molecule has 2 aliphatic rings. The summed E-state index contributed by atoms with van der Waals surface area (Å²) in [5.41, 5.74) is 10.2. The molecule has 0 aliphatic carbocycles. The van der Waals surface area contributed by atoms with Crippen LogP contribution < -0.4 is 25.6 Å². The fourth-order valence-corrected chi connectivity index (χ4v) is 5.15. The van der Waals surface area contributed by atoms with Gasteiger partial charge in [0.15, 0.2) is 0 Å². The third-order valence-corrected chi connectivity index (χ3v) is 7.27. The zero-order chi connectivity index (χ0) is 29.1. The van der Waals surface area contributed by atoms with Gasteiger partial charge in [-0.15, -0.1) is 0 Å². The number of hydrogen-bond acceptors (Lipinski definition) is 7. The number of ether oxygens (including phenoxy) is 1. The van der Waals surface area contributed by atoms with E-state index in [1.54, 1.807) is 52.7 Å². The number of pyridine rings is 2. The van der Waals surface area contributed by atoms with Crippen molar-refractivity contribution in [2.75, 3.05) is 34.8 Å². The van der Waals surface area contributed by atoms with Crippen LogP contribution in [0.5, 0.6) is 5.75 Å². The Morgan fingerprint density at radius 1 is 0.857 bits per heavy atom. The molecule has 212 valence electrons. The average Bonchev–Trinajstić information content (AvgIpc) is 3.59. The molecule has 42 heavy (non-hydrogen) atoms. The van der Waals surface area contributed by atoms with E-state index in [-0.39, 0.29) is 11.9 Å². The number of carbonyl (C=O) groups is 3. The van der Waals surface area contributed by atoms with E-state index in [1.807, 2.05) is 47.4 Å². The number of urea groups is 1. The highest BCUT2D eigenvalue weighted by molar-refractivity contribution is 5.96. The molecule has 0 radical (unpaired) electrons. The maximum Gasteiger partial charge on any atom is 0.409 e. The summed E-state index contributed by atoms with van der Waals surface area (Å²) in [6.45, 7) is 2.29. The number of nitrogens with two attached hydrogens (primary N) is 1. The van der Waals surface area contributed by atoms with Crippen molar-refractivity contribution in [1.82, 2.24) is 14.9 Å². The molecule has 4 heterocycles.